The van der Waals surface area contributed by atoms with Crippen molar-refractivity contribution in [3.05, 3.63) is 47.8 Å². The molecule has 1 N–H and O–H groups in total. The SMILES string of the molecule is Cc1nn(C)cc1CN(C)CC(=O)Nc1ccccc1. The third-order valence-electron chi connectivity index (χ3n) is 3.03. The van der Waals surface area contributed by atoms with Crippen molar-refractivity contribution in [1.29, 1.82) is 0 Å². The van der Waals surface area contributed by atoms with Gasteiger partial charge < -0.3 is 5.32 Å². The second-order valence-corrected chi connectivity index (χ2v) is 5.00. The molecule has 0 aliphatic heterocycles. The Hall–Kier alpha value is -2.14. The molecule has 0 aliphatic carbocycles. The number of hydrogen-bond acceptors (Lipinski definition) is 3. The van der Waals surface area contributed by atoms with Gasteiger partial charge in [0.05, 0.1) is 12.2 Å². The number of aromatic nitrogens is 2. The lowest BCUT2D eigenvalue weighted by atomic mass is 10.2. The second-order valence-electron chi connectivity index (χ2n) is 5.00. The molecule has 0 bridgehead atoms. The van der Waals surface area contributed by atoms with Crippen molar-refractivity contribution < 1.29 is 4.79 Å². The Morgan fingerprint density at radius 3 is 2.65 bits per heavy atom. The van der Waals surface area contributed by atoms with Gasteiger partial charge in [0, 0.05) is 31.0 Å². The number of rotatable bonds is 5. The molecule has 0 unspecified atom stereocenters. The molecule has 2 rings (SSSR count). The summed E-state index contributed by atoms with van der Waals surface area (Å²) in [5, 5.41) is 7.18. The predicted molar refractivity (Wildman–Crippen MR) is 79.4 cm³/mol. The van der Waals surface area contributed by atoms with Crippen molar-refractivity contribution >= 4 is 11.6 Å². The van der Waals surface area contributed by atoms with Crippen molar-refractivity contribution in [3.8, 4) is 0 Å². The number of anilines is 1. The highest BCUT2D eigenvalue weighted by Gasteiger charge is 2.10. The summed E-state index contributed by atoms with van der Waals surface area (Å²) in [6.45, 7) is 3.04. The molecule has 0 spiro atoms. The Kier molecular flexibility index (Phi) is 4.53. The van der Waals surface area contributed by atoms with Crippen LogP contribution in [-0.4, -0.2) is 34.2 Å². The van der Waals surface area contributed by atoms with Crippen LogP contribution in [0, 0.1) is 6.92 Å². The molecule has 20 heavy (non-hydrogen) atoms. The van der Waals surface area contributed by atoms with Gasteiger partial charge in [-0.15, -0.1) is 0 Å². The Bertz CT molecular complexity index is 577. The van der Waals surface area contributed by atoms with E-state index >= 15 is 0 Å². The summed E-state index contributed by atoms with van der Waals surface area (Å²) in [4.78, 5) is 13.9. The molecule has 1 aromatic carbocycles. The zero-order valence-electron chi connectivity index (χ0n) is 12.1. The maximum absolute atomic E-state index is 11.9. The summed E-state index contributed by atoms with van der Waals surface area (Å²) < 4.78 is 1.79. The maximum Gasteiger partial charge on any atom is 0.238 e. The van der Waals surface area contributed by atoms with Crippen LogP contribution in [0.25, 0.3) is 0 Å². The van der Waals surface area contributed by atoms with Crippen LogP contribution < -0.4 is 5.32 Å². The Balaban J connectivity index is 1.86. The van der Waals surface area contributed by atoms with Gasteiger partial charge in [-0.1, -0.05) is 18.2 Å². The number of nitrogens with one attached hydrogen (secondary N) is 1. The van der Waals surface area contributed by atoms with E-state index in [0.717, 1.165) is 16.9 Å². The molecule has 0 saturated carbocycles. The number of amides is 1. The molecule has 2 aromatic rings. The molecule has 0 atom stereocenters. The predicted octanol–water partition coefficient (Wildman–Crippen LogP) is 1.80. The summed E-state index contributed by atoms with van der Waals surface area (Å²) in [6.07, 6.45) is 1.99. The van der Waals surface area contributed by atoms with E-state index in [-0.39, 0.29) is 5.91 Å². The smallest absolute Gasteiger partial charge is 0.238 e. The molecule has 1 amide bonds. The standard InChI is InChI=1S/C15H20N4O/c1-12-13(10-19(3)17-12)9-18(2)11-15(20)16-14-7-5-4-6-8-14/h4-8,10H,9,11H2,1-3H3,(H,16,20). The van der Waals surface area contributed by atoms with E-state index in [0.29, 0.717) is 13.1 Å². The molecule has 5 nitrogen and oxygen atoms in total. The molecule has 5 heteroatoms. The fraction of sp³-hybridized carbons (Fsp3) is 0.333. The minimum atomic E-state index is -0.0137. The van der Waals surface area contributed by atoms with Crippen molar-refractivity contribution in [2.45, 2.75) is 13.5 Å². The van der Waals surface area contributed by atoms with Crippen LogP contribution in [-0.2, 0) is 18.4 Å². The highest BCUT2D eigenvalue weighted by molar-refractivity contribution is 5.92. The second kappa shape index (κ2) is 6.34. The first-order valence-corrected chi connectivity index (χ1v) is 6.57. The number of carbonyl (C=O) groups is 1. The fourth-order valence-electron chi connectivity index (χ4n) is 2.12. The van der Waals surface area contributed by atoms with Gasteiger partial charge in [-0.3, -0.25) is 14.4 Å². The van der Waals surface area contributed by atoms with E-state index in [1.54, 1.807) is 4.68 Å². The molecular formula is C15H20N4O. The van der Waals surface area contributed by atoms with Crippen molar-refractivity contribution in [3.63, 3.8) is 0 Å². The van der Waals surface area contributed by atoms with Crippen LogP contribution in [0.3, 0.4) is 0 Å². The number of para-hydroxylation sites is 1. The monoisotopic (exact) mass is 272 g/mol. The summed E-state index contributed by atoms with van der Waals surface area (Å²) in [5.41, 5.74) is 2.97. The van der Waals surface area contributed by atoms with Crippen LogP contribution >= 0.6 is 0 Å². The van der Waals surface area contributed by atoms with Crippen molar-refractivity contribution in [2.24, 2.45) is 7.05 Å². The van der Waals surface area contributed by atoms with E-state index in [1.807, 2.05) is 62.4 Å². The van der Waals surface area contributed by atoms with Crippen LogP contribution in [0.15, 0.2) is 36.5 Å². The molecule has 1 aromatic heterocycles. The van der Waals surface area contributed by atoms with Gasteiger partial charge in [0.25, 0.3) is 0 Å². The first-order chi connectivity index (χ1) is 9.54. The third kappa shape index (κ3) is 3.93. The van der Waals surface area contributed by atoms with Gasteiger partial charge >= 0.3 is 0 Å². The first-order valence-electron chi connectivity index (χ1n) is 6.57. The molecule has 1 heterocycles. The Labute approximate surface area is 119 Å². The van der Waals surface area contributed by atoms with Crippen LogP contribution in [0.4, 0.5) is 5.69 Å². The van der Waals surface area contributed by atoms with Crippen molar-refractivity contribution in [1.82, 2.24) is 14.7 Å². The van der Waals surface area contributed by atoms with Crippen molar-refractivity contribution in [2.75, 3.05) is 18.9 Å². The zero-order chi connectivity index (χ0) is 14.5. The molecule has 0 radical (unpaired) electrons. The van der Waals surface area contributed by atoms with Gasteiger partial charge in [-0.05, 0) is 26.1 Å². The molecule has 0 fully saturated rings. The maximum atomic E-state index is 11.9. The lowest BCUT2D eigenvalue weighted by molar-refractivity contribution is -0.117. The third-order valence-corrected chi connectivity index (χ3v) is 3.03. The first kappa shape index (κ1) is 14.3. The van der Waals surface area contributed by atoms with E-state index in [2.05, 4.69) is 10.4 Å². The summed E-state index contributed by atoms with van der Waals surface area (Å²) in [6, 6.07) is 9.48. The normalized spacial score (nSPS) is 10.8. The minimum Gasteiger partial charge on any atom is -0.325 e. The van der Waals surface area contributed by atoms with E-state index in [1.165, 1.54) is 0 Å². The summed E-state index contributed by atoms with van der Waals surface area (Å²) in [7, 11) is 3.83. The van der Waals surface area contributed by atoms with Gasteiger partial charge in [-0.2, -0.15) is 5.10 Å². The number of hydrogen-bond donors (Lipinski definition) is 1. The number of benzene rings is 1. The highest BCUT2D eigenvalue weighted by atomic mass is 16.2. The number of nitrogens with zero attached hydrogens (tertiary/aromatic N) is 3. The number of likely N-dealkylation sites (N-methyl/N-ethyl adjacent to an activating group) is 1. The molecule has 106 valence electrons. The largest absolute Gasteiger partial charge is 0.325 e. The van der Waals surface area contributed by atoms with Crippen LogP contribution in [0.1, 0.15) is 11.3 Å². The highest BCUT2D eigenvalue weighted by Crippen LogP contribution is 2.08. The summed E-state index contributed by atoms with van der Waals surface area (Å²) in [5.74, 6) is -0.0137. The molecular weight excluding hydrogens is 252 g/mol. The summed E-state index contributed by atoms with van der Waals surface area (Å²) >= 11 is 0. The van der Waals surface area contributed by atoms with E-state index in [9.17, 15) is 4.79 Å². The van der Waals surface area contributed by atoms with Crippen LogP contribution in [0.5, 0.6) is 0 Å². The van der Waals surface area contributed by atoms with E-state index < -0.39 is 0 Å². The number of carbonyl (C=O) groups excluding carboxylic acids is 1. The lowest BCUT2D eigenvalue weighted by Crippen LogP contribution is -2.29. The average Bonchev–Trinajstić information content (AvgIpc) is 2.68. The molecule has 0 aliphatic rings. The Morgan fingerprint density at radius 2 is 2.05 bits per heavy atom. The number of aryl methyl sites for hydroxylation is 2. The van der Waals surface area contributed by atoms with Gasteiger partial charge in [-0.25, -0.2) is 0 Å². The van der Waals surface area contributed by atoms with Gasteiger partial charge in [0.1, 0.15) is 0 Å². The van der Waals surface area contributed by atoms with E-state index in [4.69, 9.17) is 0 Å². The molecule has 0 saturated heterocycles. The fourth-order valence-corrected chi connectivity index (χ4v) is 2.12. The topological polar surface area (TPSA) is 50.2 Å². The van der Waals surface area contributed by atoms with Gasteiger partial charge in [0.2, 0.25) is 5.91 Å². The quantitative estimate of drug-likeness (QED) is 0.903. The zero-order valence-corrected chi connectivity index (χ0v) is 12.1. The van der Waals surface area contributed by atoms with Gasteiger partial charge in [0.15, 0.2) is 0 Å². The minimum absolute atomic E-state index is 0.0137. The Morgan fingerprint density at radius 1 is 1.35 bits per heavy atom. The lowest BCUT2D eigenvalue weighted by Gasteiger charge is -2.15. The average molecular weight is 272 g/mol. The van der Waals surface area contributed by atoms with Crippen LogP contribution in [0.2, 0.25) is 0 Å².